The summed E-state index contributed by atoms with van der Waals surface area (Å²) in [5.41, 5.74) is 2.21. The molecular weight excluding hydrogens is 230 g/mol. The zero-order chi connectivity index (χ0) is 11.5. The SMILES string of the molecule is c1cncc(CNc2nc3ccccc3s2)c1. The van der Waals surface area contributed by atoms with E-state index in [0.717, 1.165) is 22.8 Å². The molecule has 0 saturated heterocycles. The summed E-state index contributed by atoms with van der Waals surface area (Å²) < 4.78 is 1.21. The maximum absolute atomic E-state index is 4.51. The maximum Gasteiger partial charge on any atom is 0.184 e. The van der Waals surface area contributed by atoms with Gasteiger partial charge in [-0.25, -0.2) is 4.98 Å². The minimum atomic E-state index is 0.758. The van der Waals surface area contributed by atoms with Crippen LogP contribution in [0.15, 0.2) is 48.8 Å². The standard InChI is InChI=1S/C13H11N3S/c1-2-6-12-11(5-1)16-13(17-12)15-9-10-4-3-7-14-8-10/h1-8H,9H2,(H,15,16). The second kappa shape index (κ2) is 4.51. The Bertz CT molecular complexity index is 586. The molecule has 2 heterocycles. The van der Waals surface area contributed by atoms with Crippen molar-refractivity contribution in [2.75, 3.05) is 5.32 Å². The first-order valence-electron chi connectivity index (χ1n) is 5.40. The maximum atomic E-state index is 4.51. The van der Waals surface area contributed by atoms with Gasteiger partial charge in [0.05, 0.1) is 10.2 Å². The van der Waals surface area contributed by atoms with Gasteiger partial charge in [-0.2, -0.15) is 0 Å². The molecule has 0 aliphatic carbocycles. The summed E-state index contributed by atoms with van der Waals surface area (Å²) in [4.78, 5) is 8.60. The van der Waals surface area contributed by atoms with E-state index in [1.54, 1.807) is 17.5 Å². The van der Waals surface area contributed by atoms with E-state index in [2.05, 4.69) is 21.4 Å². The Balaban J connectivity index is 1.77. The summed E-state index contributed by atoms with van der Waals surface area (Å²) in [6, 6.07) is 12.1. The summed E-state index contributed by atoms with van der Waals surface area (Å²) >= 11 is 1.67. The average Bonchev–Trinajstić information content (AvgIpc) is 2.80. The average molecular weight is 241 g/mol. The molecule has 17 heavy (non-hydrogen) atoms. The predicted molar refractivity (Wildman–Crippen MR) is 71.2 cm³/mol. The van der Waals surface area contributed by atoms with E-state index in [-0.39, 0.29) is 0 Å². The van der Waals surface area contributed by atoms with Gasteiger partial charge in [0.25, 0.3) is 0 Å². The fraction of sp³-hybridized carbons (Fsp3) is 0.0769. The third-order valence-corrected chi connectivity index (χ3v) is 3.45. The van der Waals surface area contributed by atoms with Crippen molar-refractivity contribution in [1.29, 1.82) is 0 Å². The number of thiazole rings is 1. The van der Waals surface area contributed by atoms with Crippen LogP contribution in [0.4, 0.5) is 5.13 Å². The highest BCUT2D eigenvalue weighted by Crippen LogP contribution is 2.25. The number of hydrogen-bond donors (Lipinski definition) is 1. The van der Waals surface area contributed by atoms with Gasteiger partial charge in [-0.05, 0) is 23.8 Å². The molecule has 0 fully saturated rings. The predicted octanol–water partition coefficient (Wildman–Crippen LogP) is 3.30. The van der Waals surface area contributed by atoms with Crippen LogP contribution in [-0.4, -0.2) is 9.97 Å². The zero-order valence-corrected chi connectivity index (χ0v) is 9.95. The molecule has 0 unspecified atom stereocenters. The summed E-state index contributed by atoms with van der Waals surface area (Å²) in [7, 11) is 0. The van der Waals surface area contributed by atoms with Crippen molar-refractivity contribution in [2.45, 2.75) is 6.54 Å². The molecule has 3 rings (SSSR count). The van der Waals surface area contributed by atoms with Gasteiger partial charge in [0, 0.05) is 18.9 Å². The molecule has 84 valence electrons. The van der Waals surface area contributed by atoms with E-state index >= 15 is 0 Å². The summed E-state index contributed by atoms with van der Waals surface area (Å²) in [6.07, 6.45) is 3.64. The van der Waals surface area contributed by atoms with Crippen molar-refractivity contribution in [3.63, 3.8) is 0 Å². The third kappa shape index (κ3) is 2.26. The Kier molecular flexibility index (Phi) is 2.71. The molecule has 3 aromatic rings. The lowest BCUT2D eigenvalue weighted by Crippen LogP contribution is -1.98. The van der Waals surface area contributed by atoms with Crippen LogP contribution in [0.1, 0.15) is 5.56 Å². The highest BCUT2D eigenvalue weighted by Gasteiger charge is 2.01. The van der Waals surface area contributed by atoms with Crippen LogP contribution in [0.25, 0.3) is 10.2 Å². The first kappa shape index (κ1) is 10.2. The molecule has 0 aliphatic rings. The monoisotopic (exact) mass is 241 g/mol. The van der Waals surface area contributed by atoms with E-state index < -0.39 is 0 Å². The summed E-state index contributed by atoms with van der Waals surface area (Å²) in [6.45, 7) is 0.758. The van der Waals surface area contributed by atoms with Crippen LogP contribution in [0.2, 0.25) is 0 Å². The second-order valence-electron chi connectivity index (χ2n) is 3.70. The van der Waals surface area contributed by atoms with E-state index in [1.807, 2.05) is 36.5 Å². The van der Waals surface area contributed by atoms with Crippen LogP contribution in [0.3, 0.4) is 0 Å². The largest absolute Gasteiger partial charge is 0.357 e. The quantitative estimate of drug-likeness (QED) is 0.764. The fourth-order valence-electron chi connectivity index (χ4n) is 1.63. The van der Waals surface area contributed by atoms with Crippen molar-refractivity contribution >= 4 is 26.7 Å². The lowest BCUT2D eigenvalue weighted by molar-refractivity contribution is 1.11. The molecule has 0 saturated carbocycles. The number of hydrogen-bond acceptors (Lipinski definition) is 4. The number of nitrogens with one attached hydrogen (secondary N) is 1. The van der Waals surface area contributed by atoms with Crippen LogP contribution < -0.4 is 5.32 Å². The van der Waals surface area contributed by atoms with Gasteiger partial charge in [-0.3, -0.25) is 4.98 Å². The number of anilines is 1. The van der Waals surface area contributed by atoms with Gasteiger partial charge in [-0.1, -0.05) is 29.5 Å². The molecule has 1 N–H and O–H groups in total. The Morgan fingerprint density at radius 2 is 2.06 bits per heavy atom. The van der Waals surface area contributed by atoms with Gasteiger partial charge >= 0.3 is 0 Å². The fourth-order valence-corrected chi connectivity index (χ4v) is 2.49. The number of fused-ring (bicyclic) bond motifs is 1. The Morgan fingerprint density at radius 1 is 1.12 bits per heavy atom. The molecule has 1 aromatic carbocycles. The minimum absolute atomic E-state index is 0.758. The second-order valence-corrected chi connectivity index (χ2v) is 4.73. The van der Waals surface area contributed by atoms with Crippen LogP contribution in [-0.2, 0) is 6.54 Å². The number of rotatable bonds is 3. The van der Waals surface area contributed by atoms with Gasteiger partial charge in [0.2, 0.25) is 0 Å². The number of para-hydroxylation sites is 1. The van der Waals surface area contributed by atoms with Gasteiger partial charge in [0.1, 0.15) is 0 Å². The Hall–Kier alpha value is -1.94. The van der Waals surface area contributed by atoms with E-state index in [0.29, 0.717) is 0 Å². The van der Waals surface area contributed by atoms with E-state index in [4.69, 9.17) is 0 Å². The van der Waals surface area contributed by atoms with Crippen molar-refractivity contribution in [2.24, 2.45) is 0 Å². The lowest BCUT2D eigenvalue weighted by Gasteiger charge is -2.00. The minimum Gasteiger partial charge on any atom is -0.357 e. The molecule has 0 amide bonds. The van der Waals surface area contributed by atoms with E-state index in [1.165, 1.54) is 4.70 Å². The van der Waals surface area contributed by atoms with Crippen molar-refractivity contribution < 1.29 is 0 Å². The van der Waals surface area contributed by atoms with Gasteiger partial charge in [-0.15, -0.1) is 0 Å². The third-order valence-electron chi connectivity index (χ3n) is 2.46. The Morgan fingerprint density at radius 3 is 2.88 bits per heavy atom. The molecular formula is C13H11N3S. The normalized spacial score (nSPS) is 10.6. The topological polar surface area (TPSA) is 37.8 Å². The number of benzene rings is 1. The molecule has 0 aliphatic heterocycles. The number of pyridine rings is 1. The molecule has 4 heteroatoms. The van der Waals surface area contributed by atoms with Crippen molar-refractivity contribution in [3.05, 3.63) is 54.4 Å². The Labute approximate surface area is 103 Å². The smallest absolute Gasteiger partial charge is 0.184 e. The summed E-state index contributed by atoms with van der Waals surface area (Å²) in [5.74, 6) is 0. The summed E-state index contributed by atoms with van der Waals surface area (Å²) in [5, 5.41) is 4.27. The molecule has 0 spiro atoms. The highest BCUT2D eigenvalue weighted by atomic mass is 32.1. The molecule has 0 atom stereocenters. The van der Waals surface area contributed by atoms with Crippen molar-refractivity contribution in [3.8, 4) is 0 Å². The van der Waals surface area contributed by atoms with Crippen LogP contribution in [0, 0.1) is 0 Å². The van der Waals surface area contributed by atoms with E-state index in [9.17, 15) is 0 Å². The first-order valence-corrected chi connectivity index (χ1v) is 6.22. The zero-order valence-electron chi connectivity index (χ0n) is 9.13. The molecule has 2 aromatic heterocycles. The molecule has 0 bridgehead atoms. The van der Waals surface area contributed by atoms with Crippen molar-refractivity contribution in [1.82, 2.24) is 9.97 Å². The molecule has 0 radical (unpaired) electrons. The highest BCUT2D eigenvalue weighted by molar-refractivity contribution is 7.22. The van der Waals surface area contributed by atoms with Crippen LogP contribution in [0.5, 0.6) is 0 Å². The number of aromatic nitrogens is 2. The lowest BCUT2D eigenvalue weighted by atomic mass is 10.3. The van der Waals surface area contributed by atoms with Gasteiger partial charge in [0.15, 0.2) is 5.13 Å². The van der Waals surface area contributed by atoms with Crippen LogP contribution >= 0.6 is 11.3 Å². The number of nitrogens with zero attached hydrogens (tertiary/aromatic N) is 2. The first-order chi connectivity index (χ1) is 8.42. The molecule has 3 nitrogen and oxygen atoms in total. The van der Waals surface area contributed by atoms with Gasteiger partial charge < -0.3 is 5.32 Å².